The molecule has 0 fully saturated rings. The molecule has 0 saturated carbocycles. The summed E-state index contributed by atoms with van der Waals surface area (Å²) in [7, 11) is -5.45. The van der Waals surface area contributed by atoms with Gasteiger partial charge >= 0.3 is 13.6 Å². The third kappa shape index (κ3) is 9.50. The molecule has 0 rings (SSSR count). The topological polar surface area (TPSA) is 80.3 Å². The minimum absolute atomic E-state index is 0.154. The van der Waals surface area contributed by atoms with Crippen LogP contribution in [0.3, 0.4) is 0 Å². The van der Waals surface area contributed by atoms with Crippen LogP contribution >= 0.6 is 7.60 Å². The second-order valence-electron chi connectivity index (χ2n) is 8.02. The van der Waals surface area contributed by atoms with E-state index in [9.17, 15) is 9.36 Å². The van der Waals surface area contributed by atoms with Crippen molar-refractivity contribution in [3.05, 3.63) is 0 Å². The molecule has 0 amide bonds. The van der Waals surface area contributed by atoms with Crippen LogP contribution in [0.4, 0.5) is 0 Å². The Hall–Kier alpha value is -0.243. The fourth-order valence-electron chi connectivity index (χ4n) is 2.15. The second-order valence-corrected chi connectivity index (χ2v) is 14.9. The number of unbranched alkanes of at least 4 members (excludes halogenated alkanes) is 2. The summed E-state index contributed by atoms with van der Waals surface area (Å²) in [6.45, 7) is 17.7. The number of hydrogen-bond donors (Lipinski definition) is 0. The van der Waals surface area contributed by atoms with Crippen LogP contribution in [-0.4, -0.2) is 53.2 Å². The molecule has 1 atom stereocenters. The molecule has 0 aliphatic carbocycles. The van der Waals surface area contributed by atoms with E-state index in [1.54, 1.807) is 20.8 Å². The maximum absolute atomic E-state index is 12.9. The number of ether oxygens (including phenoxy) is 2. The van der Waals surface area contributed by atoms with Gasteiger partial charge in [0.15, 0.2) is 8.32 Å². The molecule has 0 aromatic heterocycles. The minimum atomic E-state index is -3.73. The van der Waals surface area contributed by atoms with E-state index in [0.717, 1.165) is 19.3 Å². The second kappa shape index (κ2) is 13.1. The van der Waals surface area contributed by atoms with Crippen molar-refractivity contribution in [2.45, 2.75) is 84.8 Å². The van der Waals surface area contributed by atoms with Gasteiger partial charge in [0.1, 0.15) is 0 Å². The molecule has 9 heteroatoms. The van der Waals surface area contributed by atoms with E-state index in [1.807, 2.05) is 0 Å². The molecule has 0 aliphatic heterocycles. The van der Waals surface area contributed by atoms with Gasteiger partial charge in [-0.15, -0.1) is 0 Å². The van der Waals surface area contributed by atoms with Gasteiger partial charge in [0.25, 0.3) is 5.85 Å². The number of hydrogen-bond acceptors (Lipinski definition) is 7. The van der Waals surface area contributed by atoms with Crippen LogP contribution in [0.25, 0.3) is 0 Å². The standard InChI is InChI=1S/C19H41O7PSi/c1-9-22-17(20)18(27(21,24-10-2)25-11-3)23-15-13-12-14-16-26-28(7,8)19(4,5)6/h18H,9-16H2,1-8H3. The molecule has 0 bridgehead atoms. The van der Waals surface area contributed by atoms with Gasteiger partial charge in [-0.05, 0) is 58.2 Å². The van der Waals surface area contributed by atoms with E-state index in [2.05, 4.69) is 33.9 Å². The van der Waals surface area contributed by atoms with Crippen LogP contribution in [0.1, 0.15) is 60.8 Å². The first-order valence-electron chi connectivity index (χ1n) is 10.3. The summed E-state index contributed by atoms with van der Waals surface area (Å²) in [5.41, 5.74) is 0. The summed E-state index contributed by atoms with van der Waals surface area (Å²) >= 11 is 0. The van der Waals surface area contributed by atoms with Crippen molar-refractivity contribution < 1.29 is 32.3 Å². The monoisotopic (exact) mass is 440 g/mol. The van der Waals surface area contributed by atoms with Crippen molar-refractivity contribution >= 4 is 21.9 Å². The molecule has 0 saturated heterocycles. The number of rotatable bonds is 15. The van der Waals surface area contributed by atoms with Crippen molar-refractivity contribution in [2.75, 3.05) is 33.0 Å². The first kappa shape index (κ1) is 27.8. The fraction of sp³-hybridized carbons (Fsp3) is 0.947. The molecule has 0 heterocycles. The lowest BCUT2D eigenvalue weighted by molar-refractivity contribution is -0.152. The summed E-state index contributed by atoms with van der Waals surface area (Å²) < 4.78 is 40.2. The molecule has 0 aromatic carbocycles. The number of carbonyl (C=O) groups excluding carboxylic acids is 1. The van der Waals surface area contributed by atoms with Crippen molar-refractivity contribution in [1.29, 1.82) is 0 Å². The molecule has 1 unspecified atom stereocenters. The van der Waals surface area contributed by atoms with E-state index in [0.29, 0.717) is 6.61 Å². The average molecular weight is 441 g/mol. The summed E-state index contributed by atoms with van der Waals surface area (Å²) in [6.07, 6.45) is 2.52. The van der Waals surface area contributed by atoms with Gasteiger partial charge in [-0.25, -0.2) is 4.79 Å². The van der Waals surface area contributed by atoms with Gasteiger partial charge < -0.3 is 22.9 Å². The quantitative estimate of drug-likeness (QED) is 0.147. The Bertz CT molecular complexity index is 481. The van der Waals surface area contributed by atoms with Crippen LogP contribution in [0.15, 0.2) is 0 Å². The van der Waals surface area contributed by atoms with Gasteiger partial charge in [-0.3, -0.25) is 4.57 Å². The Morgan fingerprint density at radius 3 is 1.93 bits per heavy atom. The number of esters is 1. The molecule has 0 N–H and O–H groups in total. The van der Waals surface area contributed by atoms with Crippen LogP contribution in [0.2, 0.25) is 18.1 Å². The van der Waals surface area contributed by atoms with E-state index in [1.165, 1.54) is 0 Å². The number of carbonyl (C=O) groups is 1. The molecule has 0 aromatic rings. The molecule has 0 spiro atoms. The van der Waals surface area contributed by atoms with Crippen molar-refractivity contribution in [3.63, 3.8) is 0 Å². The van der Waals surface area contributed by atoms with E-state index >= 15 is 0 Å². The first-order valence-corrected chi connectivity index (χ1v) is 14.8. The summed E-state index contributed by atoms with van der Waals surface area (Å²) in [6, 6.07) is 0. The smallest absolute Gasteiger partial charge is 0.370 e. The van der Waals surface area contributed by atoms with Gasteiger partial charge in [-0.1, -0.05) is 20.8 Å². The van der Waals surface area contributed by atoms with Crippen LogP contribution in [-0.2, 0) is 32.3 Å². The third-order valence-corrected chi connectivity index (χ3v) is 11.4. The van der Waals surface area contributed by atoms with E-state index < -0.39 is 27.7 Å². The normalized spacial score (nSPS) is 14.1. The Morgan fingerprint density at radius 1 is 0.929 bits per heavy atom. The Kier molecular flexibility index (Phi) is 13.0. The van der Waals surface area contributed by atoms with Crippen LogP contribution in [0, 0.1) is 0 Å². The lowest BCUT2D eigenvalue weighted by Gasteiger charge is -2.36. The van der Waals surface area contributed by atoms with E-state index in [-0.39, 0.29) is 31.5 Å². The van der Waals surface area contributed by atoms with Crippen molar-refractivity contribution in [3.8, 4) is 0 Å². The fourth-order valence-corrected chi connectivity index (χ4v) is 4.93. The highest BCUT2D eigenvalue weighted by Gasteiger charge is 2.43. The molecular weight excluding hydrogens is 399 g/mol. The largest absolute Gasteiger partial charge is 0.464 e. The van der Waals surface area contributed by atoms with Gasteiger partial charge in [-0.2, -0.15) is 0 Å². The Morgan fingerprint density at radius 2 is 1.46 bits per heavy atom. The summed E-state index contributed by atoms with van der Waals surface area (Å²) in [4.78, 5) is 12.2. The average Bonchev–Trinajstić information content (AvgIpc) is 2.56. The first-order chi connectivity index (χ1) is 12.9. The zero-order valence-corrected chi connectivity index (χ0v) is 20.9. The van der Waals surface area contributed by atoms with Crippen LogP contribution < -0.4 is 0 Å². The lowest BCUT2D eigenvalue weighted by Crippen LogP contribution is -2.40. The summed E-state index contributed by atoms with van der Waals surface area (Å²) in [5, 5.41) is 0.197. The van der Waals surface area contributed by atoms with Crippen LogP contribution in [0.5, 0.6) is 0 Å². The predicted molar refractivity (Wildman–Crippen MR) is 114 cm³/mol. The van der Waals surface area contributed by atoms with Gasteiger partial charge in [0, 0.05) is 13.2 Å². The molecule has 0 aliphatic rings. The van der Waals surface area contributed by atoms with Crippen molar-refractivity contribution in [2.24, 2.45) is 0 Å². The Labute approximate surface area is 172 Å². The molecule has 0 radical (unpaired) electrons. The highest BCUT2D eigenvalue weighted by molar-refractivity contribution is 7.55. The molecule has 168 valence electrons. The molecule has 28 heavy (non-hydrogen) atoms. The lowest BCUT2D eigenvalue weighted by atomic mass is 10.2. The zero-order valence-electron chi connectivity index (χ0n) is 19.0. The third-order valence-electron chi connectivity index (χ3n) is 4.73. The van der Waals surface area contributed by atoms with Gasteiger partial charge in [0.2, 0.25) is 0 Å². The highest BCUT2D eigenvalue weighted by Crippen LogP contribution is 2.53. The van der Waals surface area contributed by atoms with Crippen molar-refractivity contribution in [1.82, 2.24) is 0 Å². The maximum atomic E-state index is 12.9. The Balaban J connectivity index is 4.53. The summed E-state index contributed by atoms with van der Waals surface area (Å²) in [5.74, 6) is -2.06. The van der Waals surface area contributed by atoms with E-state index in [4.69, 9.17) is 22.9 Å². The highest BCUT2D eigenvalue weighted by atomic mass is 31.2. The maximum Gasteiger partial charge on any atom is 0.370 e. The SMILES string of the molecule is CCOC(=O)C(OCCCCCO[Si](C)(C)C(C)(C)C)P(=O)(OCC)OCC. The predicted octanol–water partition coefficient (Wildman–Crippen LogP) is 5.35. The molecular formula is C19H41O7PSi. The minimum Gasteiger partial charge on any atom is -0.464 e. The zero-order chi connectivity index (χ0) is 21.8. The van der Waals surface area contributed by atoms with Gasteiger partial charge in [0.05, 0.1) is 19.8 Å². The molecule has 7 nitrogen and oxygen atoms in total.